The summed E-state index contributed by atoms with van der Waals surface area (Å²) in [6.45, 7) is 6.68. The van der Waals surface area contributed by atoms with Crippen LogP contribution in [0.5, 0.6) is 5.75 Å². The Balaban J connectivity index is 1.68. The minimum Gasteiger partial charge on any atom is -0.487 e. The summed E-state index contributed by atoms with van der Waals surface area (Å²) in [5.74, 6) is 0.535. The summed E-state index contributed by atoms with van der Waals surface area (Å²) < 4.78 is 6.04. The summed E-state index contributed by atoms with van der Waals surface area (Å²) in [5, 5.41) is 7.26. The van der Waals surface area contributed by atoms with Crippen LogP contribution in [0, 0.1) is 12.8 Å². The maximum absolute atomic E-state index is 11.8. The number of benzene rings is 3. The van der Waals surface area contributed by atoms with Crippen LogP contribution in [-0.4, -0.2) is 5.91 Å². The Hall–Kier alpha value is -2.69. The van der Waals surface area contributed by atoms with Gasteiger partial charge in [0.05, 0.1) is 5.02 Å². The lowest BCUT2D eigenvalue weighted by Gasteiger charge is -2.16. The summed E-state index contributed by atoms with van der Waals surface area (Å²) in [4.78, 5) is 11.8. The van der Waals surface area contributed by atoms with Gasteiger partial charge in [-0.15, -0.1) is 0 Å². The van der Waals surface area contributed by atoms with E-state index in [0.717, 1.165) is 22.5 Å². The van der Waals surface area contributed by atoms with E-state index in [4.69, 9.17) is 27.9 Å². The molecule has 0 saturated carbocycles. The van der Waals surface area contributed by atoms with E-state index in [0.29, 0.717) is 28.9 Å². The lowest BCUT2D eigenvalue weighted by atomic mass is 10.1. The van der Waals surface area contributed by atoms with E-state index in [1.807, 2.05) is 56.3 Å². The van der Waals surface area contributed by atoms with Crippen molar-refractivity contribution < 1.29 is 9.53 Å². The average Bonchev–Trinajstić information content (AvgIpc) is 2.73. The van der Waals surface area contributed by atoms with Crippen molar-refractivity contribution in [1.82, 2.24) is 0 Å². The highest BCUT2D eigenvalue weighted by Crippen LogP contribution is 2.33. The maximum atomic E-state index is 11.8. The fourth-order valence-electron chi connectivity index (χ4n) is 2.90. The van der Waals surface area contributed by atoms with Gasteiger partial charge in [-0.05, 0) is 48.9 Å². The van der Waals surface area contributed by atoms with Crippen LogP contribution in [0.15, 0.2) is 60.7 Å². The number of hydrogen-bond acceptors (Lipinski definition) is 3. The van der Waals surface area contributed by atoms with Crippen molar-refractivity contribution in [2.24, 2.45) is 5.92 Å². The van der Waals surface area contributed by atoms with Crippen molar-refractivity contribution in [1.29, 1.82) is 0 Å². The number of anilines is 2. The van der Waals surface area contributed by atoms with E-state index in [9.17, 15) is 4.79 Å². The Morgan fingerprint density at radius 2 is 1.61 bits per heavy atom. The highest BCUT2D eigenvalue weighted by Gasteiger charge is 2.12. The minimum absolute atomic E-state index is 0.00959. The molecular formula is C25H26Cl2N2O2. The van der Waals surface area contributed by atoms with Gasteiger partial charge in [0.2, 0.25) is 5.91 Å². The van der Waals surface area contributed by atoms with Gasteiger partial charge in [0.25, 0.3) is 0 Å². The van der Waals surface area contributed by atoms with Gasteiger partial charge < -0.3 is 15.4 Å². The third-order valence-corrected chi connectivity index (χ3v) is 5.25. The van der Waals surface area contributed by atoms with Gasteiger partial charge in [-0.1, -0.05) is 66.9 Å². The fraction of sp³-hybridized carbons (Fsp3) is 0.240. The average molecular weight is 457 g/mol. The van der Waals surface area contributed by atoms with Crippen molar-refractivity contribution in [3.05, 3.63) is 87.4 Å². The molecule has 0 unspecified atom stereocenters. The van der Waals surface area contributed by atoms with Gasteiger partial charge in [0, 0.05) is 34.4 Å². The number of halogens is 2. The van der Waals surface area contributed by atoms with E-state index >= 15 is 0 Å². The molecule has 0 spiro atoms. The first-order chi connectivity index (χ1) is 14.8. The van der Waals surface area contributed by atoms with E-state index in [-0.39, 0.29) is 11.8 Å². The summed E-state index contributed by atoms with van der Waals surface area (Å²) >= 11 is 12.7. The predicted molar refractivity (Wildman–Crippen MR) is 129 cm³/mol. The third-order valence-electron chi connectivity index (χ3n) is 4.75. The summed E-state index contributed by atoms with van der Waals surface area (Å²) in [6, 6.07) is 19.3. The van der Waals surface area contributed by atoms with Crippen LogP contribution in [0.1, 0.15) is 30.5 Å². The molecule has 0 saturated heterocycles. The first kappa shape index (κ1) is 23.0. The Morgan fingerprint density at radius 3 is 2.26 bits per heavy atom. The molecule has 0 bridgehead atoms. The Bertz CT molecular complexity index is 1030. The van der Waals surface area contributed by atoms with Crippen LogP contribution in [0.2, 0.25) is 10.0 Å². The van der Waals surface area contributed by atoms with Crippen molar-refractivity contribution in [2.75, 3.05) is 10.6 Å². The molecule has 3 aromatic carbocycles. The largest absolute Gasteiger partial charge is 0.487 e. The number of aryl methyl sites for hydroxylation is 1. The van der Waals surface area contributed by atoms with Crippen LogP contribution in [0.4, 0.5) is 11.4 Å². The van der Waals surface area contributed by atoms with Crippen molar-refractivity contribution in [3.8, 4) is 5.75 Å². The molecule has 0 fully saturated rings. The van der Waals surface area contributed by atoms with Gasteiger partial charge in [-0.3, -0.25) is 4.79 Å². The summed E-state index contributed by atoms with van der Waals surface area (Å²) in [6.07, 6.45) is 0. The molecule has 31 heavy (non-hydrogen) atoms. The maximum Gasteiger partial charge on any atom is 0.226 e. The van der Waals surface area contributed by atoms with Gasteiger partial charge >= 0.3 is 0 Å². The highest BCUT2D eigenvalue weighted by atomic mass is 35.5. The number of amides is 1. The number of rotatable bonds is 8. The van der Waals surface area contributed by atoms with Crippen molar-refractivity contribution >= 4 is 40.5 Å². The first-order valence-corrected chi connectivity index (χ1v) is 10.9. The molecule has 3 aromatic rings. The molecule has 2 N–H and O–H groups in total. The molecule has 4 nitrogen and oxygen atoms in total. The minimum atomic E-state index is -0.0660. The van der Waals surface area contributed by atoms with E-state index in [1.54, 1.807) is 6.07 Å². The molecule has 1 amide bonds. The van der Waals surface area contributed by atoms with Gasteiger partial charge in [-0.25, -0.2) is 0 Å². The lowest BCUT2D eigenvalue weighted by Crippen LogP contribution is -2.17. The monoisotopic (exact) mass is 456 g/mol. The van der Waals surface area contributed by atoms with Gasteiger partial charge in [-0.2, -0.15) is 0 Å². The number of ether oxygens (including phenoxy) is 1. The summed E-state index contributed by atoms with van der Waals surface area (Å²) in [7, 11) is 0. The second kappa shape index (κ2) is 10.6. The topological polar surface area (TPSA) is 50.4 Å². The first-order valence-electron chi connectivity index (χ1n) is 10.1. The zero-order valence-electron chi connectivity index (χ0n) is 17.8. The van der Waals surface area contributed by atoms with Crippen LogP contribution in [-0.2, 0) is 17.9 Å². The van der Waals surface area contributed by atoms with Crippen molar-refractivity contribution in [3.63, 3.8) is 0 Å². The smallest absolute Gasteiger partial charge is 0.226 e. The normalized spacial score (nSPS) is 10.8. The van der Waals surface area contributed by atoms with Crippen molar-refractivity contribution in [2.45, 2.75) is 33.9 Å². The number of hydrogen-bond donors (Lipinski definition) is 2. The van der Waals surface area contributed by atoms with Crippen LogP contribution in [0.25, 0.3) is 0 Å². The standard InChI is InChI=1S/C25H26Cl2N2O2/c1-16(2)25(30)29-22-10-8-21(9-11-22)28-14-19-12-20(26)13-23(27)24(19)31-15-18-6-4-17(3)5-7-18/h4-13,16,28H,14-15H2,1-3H3,(H,29,30). The number of carbonyl (C=O) groups excluding carboxylic acids is 1. The highest BCUT2D eigenvalue weighted by molar-refractivity contribution is 6.35. The van der Waals surface area contributed by atoms with Crippen LogP contribution < -0.4 is 15.4 Å². The molecule has 0 heterocycles. The summed E-state index contributed by atoms with van der Waals surface area (Å²) in [5.41, 5.74) is 4.80. The fourth-order valence-corrected chi connectivity index (χ4v) is 3.49. The van der Waals surface area contributed by atoms with E-state index < -0.39 is 0 Å². The second-order valence-corrected chi connectivity index (χ2v) is 8.57. The van der Waals surface area contributed by atoms with Crippen LogP contribution >= 0.6 is 23.2 Å². The SMILES string of the molecule is Cc1ccc(COc2c(Cl)cc(Cl)cc2CNc2ccc(NC(=O)C(C)C)cc2)cc1. The molecule has 162 valence electrons. The molecular weight excluding hydrogens is 431 g/mol. The molecule has 0 aromatic heterocycles. The van der Waals surface area contributed by atoms with Crippen LogP contribution in [0.3, 0.4) is 0 Å². The predicted octanol–water partition coefficient (Wildman–Crippen LogP) is 7.09. The molecule has 6 heteroatoms. The zero-order chi connectivity index (χ0) is 22.4. The van der Waals surface area contributed by atoms with E-state index in [2.05, 4.69) is 29.7 Å². The second-order valence-electron chi connectivity index (χ2n) is 7.72. The molecule has 3 rings (SSSR count). The zero-order valence-corrected chi connectivity index (χ0v) is 19.3. The Labute approximate surface area is 193 Å². The van der Waals surface area contributed by atoms with Gasteiger partial charge in [0.15, 0.2) is 0 Å². The number of nitrogens with one attached hydrogen (secondary N) is 2. The quantitative estimate of drug-likeness (QED) is 0.380. The van der Waals surface area contributed by atoms with Gasteiger partial charge in [0.1, 0.15) is 12.4 Å². The molecule has 0 aliphatic carbocycles. The third kappa shape index (κ3) is 6.65. The Kier molecular flexibility index (Phi) is 7.83. The molecule has 0 radical (unpaired) electrons. The molecule has 0 aliphatic rings. The lowest BCUT2D eigenvalue weighted by molar-refractivity contribution is -0.118. The Morgan fingerprint density at radius 1 is 0.968 bits per heavy atom. The van der Waals surface area contributed by atoms with E-state index in [1.165, 1.54) is 5.56 Å². The number of carbonyl (C=O) groups is 1. The molecule has 0 aliphatic heterocycles. The molecule has 0 atom stereocenters.